The molecule has 1 amide bonds. The molecule has 2 saturated carbocycles. The number of benzene rings is 2. The molecule has 2 unspecified atom stereocenters. The summed E-state index contributed by atoms with van der Waals surface area (Å²) in [7, 11) is 0. The van der Waals surface area contributed by atoms with E-state index >= 15 is 0 Å². The van der Waals surface area contributed by atoms with Crippen molar-refractivity contribution in [3.05, 3.63) is 59.7 Å². The zero-order chi connectivity index (χ0) is 24.4. The molecule has 2 aromatic carbocycles. The van der Waals surface area contributed by atoms with Crippen molar-refractivity contribution in [2.45, 2.75) is 69.9 Å². The molecule has 2 fully saturated rings. The van der Waals surface area contributed by atoms with Crippen LogP contribution in [0, 0.1) is 24.7 Å². The lowest BCUT2D eigenvalue weighted by molar-refractivity contribution is -0.115. The number of carbonyl (C=O) groups is 1. The minimum Gasteiger partial charge on any atom is -0.411 e. The van der Waals surface area contributed by atoms with Gasteiger partial charge in [-0.05, 0) is 92.0 Å². The van der Waals surface area contributed by atoms with E-state index in [1.807, 2.05) is 37.3 Å². The van der Waals surface area contributed by atoms with Gasteiger partial charge in [-0.2, -0.15) is 0 Å². The Bertz CT molecular complexity index is 1150. The summed E-state index contributed by atoms with van der Waals surface area (Å²) in [6.45, 7) is 6.88. The van der Waals surface area contributed by atoms with E-state index in [1.54, 1.807) is 0 Å². The minimum atomic E-state index is 0.00687. The number of carbonyl (C=O) groups excluding carboxylic acids is 1. The fraction of sp³-hybridized carbons (Fsp3) is 0.483. The highest BCUT2D eigenvalue weighted by atomic mass is 32.2. The van der Waals surface area contributed by atoms with Crippen molar-refractivity contribution < 1.29 is 9.21 Å². The van der Waals surface area contributed by atoms with E-state index in [9.17, 15) is 4.79 Å². The summed E-state index contributed by atoms with van der Waals surface area (Å²) in [5, 5.41) is 11.8. The molecule has 2 aliphatic carbocycles. The van der Waals surface area contributed by atoms with E-state index in [-0.39, 0.29) is 11.3 Å². The van der Waals surface area contributed by atoms with Gasteiger partial charge in [-0.25, -0.2) is 0 Å². The predicted octanol–water partition coefficient (Wildman–Crippen LogP) is 7.27. The molecule has 0 aliphatic heterocycles. The molecular formula is C29H35N3O2S. The summed E-state index contributed by atoms with van der Waals surface area (Å²) in [5.41, 5.74) is 4.55. The standard InChI is InChI=1S/C29H35N3O2S/c1-19-7-9-23(10-8-19)27-31-32-28(34-27)35-12-11-26(33)30-25-6-4-5-24(16-25)29(3)17-21-13-20(2)14-22(15-21)18-29/h4-10,16,20-22H,11-15,17-18H2,1-3H3,(H,30,33). The predicted molar refractivity (Wildman–Crippen MR) is 141 cm³/mol. The van der Waals surface area contributed by atoms with Crippen molar-refractivity contribution in [1.29, 1.82) is 0 Å². The van der Waals surface area contributed by atoms with Crippen LogP contribution in [0.5, 0.6) is 0 Å². The van der Waals surface area contributed by atoms with Crippen LogP contribution >= 0.6 is 11.8 Å². The molecule has 0 saturated heterocycles. The van der Waals surface area contributed by atoms with Crippen LogP contribution in [0.1, 0.15) is 63.5 Å². The number of fused-ring (bicyclic) bond motifs is 2. The maximum atomic E-state index is 12.6. The first-order valence-corrected chi connectivity index (χ1v) is 13.8. The minimum absolute atomic E-state index is 0.00687. The van der Waals surface area contributed by atoms with E-state index in [0.717, 1.165) is 29.0 Å². The third kappa shape index (κ3) is 5.80. The molecule has 1 aromatic heterocycles. The lowest BCUT2D eigenvalue weighted by Gasteiger charge is -2.47. The number of nitrogens with one attached hydrogen (secondary N) is 1. The molecule has 2 atom stereocenters. The molecule has 2 aliphatic rings. The molecule has 6 heteroatoms. The third-order valence-electron chi connectivity index (χ3n) is 7.72. The highest BCUT2D eigenvalue weighted by Gasteiger charge is 2.41. The van der Waals surface area contributed by atoms with Gasteiger partial charge in [0.15, 0.2) is 0 Å². The number of anilines is 1. The van der Waals surface area contributed by atoms with Gasteiger partial charge < -0.3 is 9.73 Å². The summed E-state index contributed by atoms with van der Waals surface area (Å²) in [4.78, 5) is 12.6. The summed E-state index contributed by atoms with van der Waals surface area (Å²) >= 11 is 1.41. The molecule has 5 rings (SSSR count). The number of amides is 1. The molecule has 5 nitrogen and oxygen atoms in total. The molecular weight excluding hydrogens is 454 g/mol. The molecule has 0 spiro atoms. The summed E-state index contributed by atoms with van der Waals surface area (Å²) in [6.07, 6.45) is 7.05. The second kappa shape index (κ2) is 10.2. The summed E-state index contributed by atoms with van der Waals surface area (Å²) in [5.74, 6) is 3.65. The molecule has 35 heavy (non-hydrogen) atoms. The van der Waals surface area contributed by atoms with Crippen molar-refractivity contribution in [2.24, 2.45) is 17.8 Å². The van der Waals surface area contributed by atoms with E-state index in [1.165, 1.54) is 55.0 Å². The number of thioether (sulfide) groups is 1. The van der Waals surface area contributed by atoms with Gasteiger partial charge in [0, 0.05) is 23.4 Å². The van der Waals surface area contributed by atoms with Crippen LogP contribution in [0.2, 0.25) is 0 Å². The first kappa shape index (κ1) is 24.1. The second-order valence-corrected chi connectivity index (χ2v) is 12.0. The topological polar surface area (TPSA) is 68.0 Å². The lowest BCUT2D eigenvalue weighted by atomic mass is 9.57. The van der Waals surface area contributed by atoms with Gasteiger partial charge in [0.05, 0.1) is 0 Å². The number of hydrogen-bond donors (Lipinski definition) is 1. The Kier molecular flexibility index (Phi) is 7.01. The van der Waals surface area contributed by atoms with Gasteiger partial charge in [-0.3, -0.25) is 4.79 Å². The van der Waals surface area contributed by atoms with Gasteiger partial charge in [0.25, 0.3) is 5.22 Å². The fourth-order valence-electron chi connectivity index (χ4n) is 6.33. The number of hydrogen-bond acceptors (Lipinski definition) is 5. The van der Waals surface area contributed by atoms with Crippen LogP contribution in [0.3, 0.4) is 0 Å². The number of nitrogens with zero attached hydrogens (tertiary/aromatic N) is 2. The van der Waals surface area contributed by atoms with Crippen LogP contribution in [0.4, 0.5) is 5.69 Å². The average molecular weight is 490 g/mol. The molecule has 2 bridgehead atoms. The van der Waals surface area contributed by atoms with Crippen molar-refractivity contribution in [1.82, 2.24) is 10.2 Å². The quantitative estimate of drug-likeness (QED) is 0.353. The molecule has 1 N–H and O–H groups in total. The van der Waals surface area contributed by atoms with Gasteiger partial charge in [0.1, 0.15) is 0 Å². The highest BCUT2D eigenvalue weighted by molar-refractivity contribution is 7.99. The van der Waals surface area contributed by atoms with Crippen molar-refractivity contribution in [3.8, 4) is 11.5 Å². The van der Waals surface area contributed by atoms with E-state index in [0.29, 0.717) is 23.3 Å². The highest BCUT2D eigenvalue weighted by Crippen LogP contribution is 2.51. The van der Waals surface area contributed by atoms with Crippen molar-refractivity contribution >= 4 is 23.4 Å². The van der Waals surface area contributed by atoms with Crippen LogP contribution < -0.4 is 5.32 Å². The van der Waals surface area contributed by atoms with E-state index < -0.39 is 0 Å². The SMILES string of the molecule is Cc1ccc(-c2nnc(SCCC(=O)Nc3cccc(C4(C)CC5CC(C)CC(C5)C4)c3)o2)cc1. The van der Waals surface area contributed by atoms with Gasteiger partial charge in [-0.15, -0.1) is 10.2 Å². The Labute approximate surface area is 212 Å². The maximum absolute atomic E-state index is 12.6. The number of aromatic nitrogens is 2. The Morgan fingerprint density at radius 2 is 1.83 bits per heavy atom. The normalized spacial score (nSPS) is 25.9. The first-order valence-electron chi connectivity index (χ1n) is 12.8. The largest absolute Gasteiger partial charge is 0.411 e. The van der Waals surface area contributed by atoms with Crippen molar-refractivity contribution in [3.63, 3.8) is 0 Å². The molecule has 1 heterocycles. The van der Waals surface area contributed by atoms with Crippen LogP contribution in [-0.4, -0.2) is 21.9 Å². The maximum Gasteiger partial charge on any atom is 0.276 e. The number of aryl methyl sites for hydroxylation is 1. The summed E-state index contributed by atoms with van der Waals surface area (Å²) < 4.78 is 5.75. The molecule has 3 aromatic rings. The van der Waals surface area contributed by atoms with Gasteiger partial charge in [0.2, 0.25) is 11.8 Å². The zero-order valence-electron chi connectivity index (χ0n) is 20.9. The monoisotopic (exact) mass is 489 g/mol. The first-order chi connectivity index (χ1) is 16.9. The van der Waals surface area contributed by atoms with Crippen LogP contribution in [0.15, 0.2) is 58.2 Å². The molecule has 0 radical (unpaired) electrons. The fourth-order valence-corrected chi connectivity index (χ4v) is 7.03. The van der Waals surface area contributed by atoms with E-state index in [2.05, 4.69) is 47.6 Å². The van der Waals surface area contributed by atoms with Gasteiger partial charge in [-0.1, -0.05) is 55.4 Å². The van der Waals surface area contributed by atoms with Crippen LogP contribution in [-0.2, 0) is 10.2 Å². The van der Waals surface area contributed by atoms with Crippen molar-refractivity contribution in [2.75, 3.05) is 11.1 Å². The Morgan fingerprint density at radius 3 is 2.57 bits per heavy atom. The number of rotatable bonds is 7. The Morgan fingerprint density at radius 1 is 1.09 bits per heavy atom. The third-order valence-corrected chi connectivity index (χ3v) is 8.54. The Balaban J connectivity index is 1.14. The lowest BCUT2D eigenvalue weighted by Crippen LogP contribution is -2.38. The Hall–Kier alpha value is -2.60. The smallest absolute Gasteiger partial charge is 0.276 e. The second-order valence-electron chi connectivity index (χ2n) is 11.0. The average Bonchev–Trinajstić information content (AvgIpc) is 3.28. The summed E-state index contributed by atoms with van der Waals surface area (Å²) in [6, 6.07) is 16.5. The zero-order valence-corrected chi connectivity index (χ0v) is 21.7. The van der Waals surface area contributed by atoms with Gasteiger partial charge >= 0.3 is 0 Å². The van der Waals surface area contributed by atoms with Crippen LogP contribution in [0.25, 0.3) is 11.5 Å². The van der Waals surface area contributed by atoms with E-state index in [4.69, 9.17) is 4.42 Å². The molecule has 184 valence electrons.